The summed E-state index contributed by atoms with van der Waals surface area (Å²) < 4.78 is 0.259. The minimum absolute atomic E-state index is 0.259. The number of aromatic nitrogens is 1. The summed E-state index contributed by atoms with van der Waals surface area (Å²) in [6, 6.07) is 2.16. The second kappa shape index (κ2) is 2.91. The quantitative estimate of drug-likeness (QED) is 0.687. The number of rotatable bonds is 0. The lowest BCUT2D eigenvalue weighted by Gasteiger charge is -2.30. The van der Waals surface area contributed by atoms with Crippen LogP contribution in [0.4, 0.5) is 5.69 Å². The van der Waals surface area contributed by atoms with Crippen LogP contribution in [0, 0.1) is 6.92 Å². The van der Waals surface area contributed by atoms with E-state index in [-0.39, 0.29) is 4.75 Å². The molecule has 0 saturated heterocycles. The monoisotopic (exact) mass is 194 g/mol. The topological polar surface area (TPSA) is 24.9 Å². The summed E-state index contributed by atoms with van der Waals surface area (Å²) in [4.78, 5) is 4.41. The largest absolute Gasteiger partial charge is 0.381 e. The van der Waals surface area contributed by atoms with E-state index in [0.29, 0.717) is 0 Å². The van der Waals surface area contributed by atoms with Gasteiger partial charge in [-0.15, -0.1) is 0 Å². The van der Waals surface area contributed by atoms with Gasteiger partial charge in [0.15, 0.2) is 0 Å². The van der Waals surface area contributed by atoms with Crippen LogP contribution in [-0.4, -0.2) is 16.3 Å². The van der Waals surface area contributed by atoms with E-state index in [1.807, 2.05) is 18.0 Å². The highest BCUT2D eigenvalue weighted by Gasteiger charge is 2.26. The van der Waals surface area contributed by atoms with Gasteiger partial charge in [-0.1, -0.05) is 11.8 Å². The lowest BCUT2D eigenvalue weighted by atomic mass is 10.2. The van der Waals surface area contributed by atoms with Gasteiger partial charge in [-0.3, -0.25) is 0 Å². The Bertz CT molecular complexity index is 334. The molecule has 3 heteroatoms. The molecule has 0 bridgehead atoms. The summed E-state index contributed by atoms with van der Waals surface area (Å²) in [6.45, 7) is 7.54. The van der Waals surface area contributed by atoms with Crippen molar-refractivity contribution in [2.24, 2.45) is 0 Å². The predicted molar refractivity (Wildman–Crippen MR) is 57.4 cm³/mol. The van der Waals surface area contributed by atoms with Gasteiger partial charge >= 0.3 is 0 Å². The number of fused-ring (bicyclic) bond motifs is 1. The number of nitrogens with zero attached hydrogens (tertiary/aromatic N) is 1. The molecule has 0 unspecified atom stereocenters. The summed E-state index contributed by atoms with van der Waals surface area (Å²) >= 11 is 1.85. The molecule has 0 fully saturated rings. The van der Waals surface area contributed by atoms with Crippen molar-refractivity contribution in [3.8, 4) is 0 Å². The first-order valence-corrected chi connectivity index (χ1v) is 5.28. The molecule has 1 aromatic rings. The van der Waals surface area contributed by atoms with Crippen LogP contribution < -0.4 is 5.32 Å². The summed E-state index contributed by atoms with van der Waals surface area (Å²) in [7, 11) is 0. The van der Waals surface area contributed by atoms with E-state index in [1.54, 1.807) is 0 Å². The van der Waals surface area contributed by atoms with E-state index in [0.717, 1.165) is 11.6 Å². The molecule has 0 aromatic carbocycles. The molecule has 2 rings (SSSR count). The van der Waals surface area contributed by atoms with Crippen LogP contribution in [0.15, 0.2) is 17.3 Å². The predicted octanol–water partition coefficient (Wildman–Crippen LogP) is 2.69. The molecule has 1 aliphatic heterocycles. The molecular weight excluding hydrogens is 180 g/mol. The van der Waals surface area contributed by atoms with Gasteiger partial charge in [0.2, 0.25) is 0 Å². The van der Waals surface area contributed by atoms with Crippen molar-refractivity contribution in [3.63, 3.8) is 0 Å². The zero-order valence-electron chi connectivity index (χ0n) is 8.22. The Kier molecular flexibility index (Phi) is 1.99. The number of hydrogen-bond acceptors (Lipinski definition) is 3. The zero-order valence-corrected chi connectivity index (χ0v) is 9.03. The van der Waals surface area contributed by atoms with E-state index in [2.05, 4.69) is 37.1 Å². The highest BCUT2D eigenvalue weighted by Crippen LogP contribution is 2.39. The fraction of sp³-hybridized carbons (Fsp3) is 0.500. The van der Waals surface area contributed by atoms with E-state index < -0.39 is 0 Å². The highest BCUT2D eigenvalue weighted by molar-refractivity contribution is 8.00. The molecule has 2 nitrogen and oxygen atoms in total. The lowest BCUT2D eigenvalue weighted by Crippen LogP contribution is -2.30. The standard InChI is InChI=1S/C10H14N2S/c1-7-4-8-9(11-5-7)13-10(2,3)6-12-8/h4-5,12H,6H2,1-3H3. The van der Waals surface area contributed by atoms with Crippen LogP contribution in [0.3, 0.4) is 0 Å². The molecule has 1 aromatic heterocycles. The first kappa shape index (κ1) is 8.88. The number of thioether (sulfide) groups is 1. The van der Waals surface area contributed by atoms with Crippen LogP contribution in [-0.2, 0) is 0 Å². The number of hydrogen-bond donors (Lipinski definition) is 1. The molecule has 0 saturated carbocycles. The SMILES string of the molecule is Cc1cnc2c(c1)NCC(C)(C)S2. The second-order valence-corrected chi connectivity index (χ2v) is 5.78. The maximum atomic E-state index is 4.41. The Labute approximate surface area is 83.1 Å². The van der Waals surface area contributed by atoms with Crippen LogP contribution in [0.5, 0.6) is 0 Å². The molecule has 0 amide bonds. The third kappa shape index (κ3) is 1.80. The van der Waals surface area contributed by atoms with E-state index in [1.165, 1.54) is 11.3 Å². The van der Waals surface area contributed by atoms with E-state index in [4.69, 9.17) is 0 Å². The minimum atomic E-state index is 0.259. The first-order valence-electron chi connectivity index (χ1n) is 4.46. The van der Waals surface area contributed by atoms with Crippen LogP contribution in [0.1, 0.15) is 19.4 Å². The first-order chi connectivity index (χ1) is 6.07. The number of anilines is 1. The average molecular weight is 194 g/mol. The van der Waals surface area contributed by atoms with Crippen molar-refractivity contribution < 1.29 is 0 Å². The third-order valence-electron chi connectivity index (χ3n) is 2.07. The van der Waals surface area contributed by atoms with Crippen molar-refractivity contribution in [2.45, 2.75) is 30.5 Å². The van der Waals surface area contributed by atoms with Crippen molar-refractivity contribution in [3.05, 3.63) is 17.8 Å². The van der Waals surface area contributed by atoms with Crippen LogP contribution >= 0.6 is 11.8 Å². The third-order valence-corrected chi connectivity index (χ3v) is 3.28. The summed E-state index contributed by atoms with van der Waals surface area (Å²) in [5.41, 5.74) is 2.40. The van der Waals surface area contributed by atoms with Gasteiger partial charge in [0, 0.05) is 17.5 Å². The Balaban J connectivity index is 2.37. The molecule has 1 N–H and O–H groups in total. The van der Waals surface area contributed by atoms with Crippen molar-refractivity contribution in [2.75, 3.05) is 11.9 Å². The zero-order chi connectivity index (χ0) is 9.47. The summed E-state index contributed by atoms with van der Waals surface area (Å²) in [5.74, 6) is 0. The maximum absolute atomic E-state index is 4.41. The molecule has 0 radical (unpaired) electrons. The van der Waals surface area contributed by atoms with Crippen LogP contribution in [0.2, 0.25) is 0 Å². The molecule has 13 heavy (non-hydrogen) atoms. The summed E-state index contributed by atoms with van der Waals surface area (Å²) in [6.07, 6.45) is 1.93. The van der Waals surface area contributed by atoms with Gasteiger partial charge in [0.05, 0.1) is 5.69 Å². The lowest BCUT2D eigenvalue weighted by molar-refractivity contribution is 0.732. The average Bonchev–Trinajstić information content (AvgIpc) is 2.05. The number of aryl methyl sites for hydroxylation is 1. The van der Waals surface area contributed by atoms with Gasteiger partial charge in [0.1, 0.15) is 5.03 Å². The molecule has 2 heterocycles. The molecular formula is C10H14N2S. The molecule has 0 spiro atoms. The molecule has 0 atom stereocenters. The van der Waals surface area contributed by atoms with Gasteiger partial charge < -0.3 is 5.32 Å². The minimum Gasteiger partial charge on any atom is -0.381 e. The summed E-state index contributed by atoms with van der Waals surface area (Å²) in [5, 5.41) is 4.54. The van der Waals surface area contributed by atoms with E-state index >= 15 is 0 Å². The highest BCUT2D eigenvalue weighted by atomic mass is 32.2. The number of pyridine rings is 1. The Morgan fingerprint density at radius 1 is 1.54 bits per heavy atom. The Morgan fingerprint density at radius 3 is 3.08 bits per heavy atom. The normalized spacial score (nSPS) is 19.0. The van der Waals surface area contributed by atoms with Crippen molar-refractivity contribution in [1.29, 1.82) is 0 Å². The number of nitrogens with one attached hydrogen (secondary N) is 1. The Morgan fingerprint density at radius 2 is 2.31 bits per heavy atom. The second-order valence-electron chi connectivity index (χ2n) is 4.08. The Hall–Kier alpha value is -0.700. The van der Waals surface area contributed by atoms with Crippen LogP contribution in [0.25, 0.3) is 0 Å². The van der Waals surface area contributed by atoms with E-state index in [9.17, 15) is 0 Å². The molecule has 0 aliphatic carbocycles. The van der Waals surface area contributed by atoms with Crippen molar-refractivity contribution >= 4 is 17.4 Å². The molecule has 1 aliphatic rings. The van der Waals surface area contributed by atoms with Gasteiger partial charge in [-0.25, -0.2) is 4.98 Å². The fourth-order valence-electron chi connectivity index (χ4n) is 1.37. The molecule has 70 valence electrons. The smallest absolute Gasteiger partial charge is 0.120 e. The fourth-order valence-corrected chi connectivity index (χ4v) is 2.38. The van der Waals surface area contributed by atoms with Gasteiger partial charge in [0.25, 0.3) is 0 Å². The maximum Gasteiger partial charge on any atom is 0.120 e. The van der Waals surface area contributed by atoms with Gasteiger partial charge in [-0.2, -0.15) is 0 Å². The van der Waals surface area contributed by atoms with Gasteiger partial charge in [-0.05, 0) is 32.4 Å². The van der Waals surface area contributed by atoms with Crippen molar-refractivity contribution in [1.82, 2.24) is 4.98 Å².